The Labute approximate surface area is 132 Å². The van der Waals surface area contributed by atoms with Crippen molar-refractivity contribution in [2.45, 2.75) is 19.4 Å². The van der Waals surface area contributed by atoms with Gasteiger partial charge in [-0.3, -0.25) is 14.9 Å². The number of nitrogens with zero attached hydrogens (tertiary/aromatic N) is 2. The highest BCUT2D eigenvalue weighted by molar-refractivity contribution is 6.34. The van der Waals surface area contributed by atoms with Gasteiger partial charge in [-0.1, -0.05) is 41.9 Å². The quantitative estimate of drug-likeness (QED) is 0.640. The third-order valence-electron chi connectivity index (χ3n) is 3.76. The summed E-state index contributed by atoms with van der Waals surface area (Å²) in [5.74, 6) is 0.00118. The van der Waals surface area contributed by atoms with Gasteiger partial charge < -0.3 is 4.90 Å². The number of amides is 1. The van der Waals surface area contributed by atoms with Crippen LogP contribution < -0.4 is 4.90 Å². The summed E-state index contributed by atoms with van der Waals surface area (Å²) in [7, 11) is 0. The van der Waals surface area contributed by atoms with Crippen molar-refractivity contribution in [2.24, 2.45) is 0 Å². The van der Waals surface area contributed by atoms with Gasteiger partial charge in [-0.2, -0.15) is 0 Å². The maximum Gasteiger partial charge on any atom is 0.288 e. The summed E-state index contributed by atoms with van der Waals surface area (Å²) in [4.78, 5) is 24.4. The number of halogens is 1. The van der Waals surface area contributed by atoms with Crippen LogP contribution in [0.3, 0.4) is 0 Å². The Morgan fingerprint density at radius 2 is 1.86 bits per heavy atom. The lowest BCUT2D eigenvalue weighted by atomic mass is 9.99. The summed E-state index contributed by atoms with van der Waals surface area (Å²) in [5, 5.41) is 11.1. The molecule has 0 bridgehead atoms. The number of nitro benzene ring substituents is 1. The molecule has 1 heterocycles. The van der Waals surface area contributed by atoms with Crippen LogP contribution in [0.15, 0.2) is 42.5 Å². The number of nitro groups is 1. The molecule has 112 valence electrons. The van der Waals surface area contributed by atoms with Crippen LogP contribution in [0.1, 0.15) is 17.5 Å². The van der Waals surface area contributed by atoms with E-state index in [4.69, 9.17) is 11.6 Å². The number of hydrogen-bond acceptors (Lipinski definition) is 3. The zero-order valence-corrected chi connectivity index (χ0v) is 12.4. The first-order chi connectivity index (χ1) is 10.6. The predicted octanol–water partition coefficient (Wildman–Crippen LogP) is 3.73. The van der Waals surface area contributed by atoms with Crippen molar-refractivity contribution >= 4 is 28.9 Å². The highest BCUT2D eigenvalue weighted by Crippen LogP contribution is 2.39. The maximum absolute atomic E-state index is 12.2. The first-order valence-corrected chi connectivity index (χ1v) is 7.26. The number of anilines is 1. The monoisotopic (exact) mass is 316 g/mol. The van der Waals surface area contributed by atoms with Crippen molar-refractivity contribution in [2.75, 3.05) is 4.90 Å². The van der Waals surface area contributed by atoms with E-state index >= 15 is 0 Å². The molecule has 0 fully saturated rings. The minimum atomic E-state index is -0.499. The molecule has 0 spiro atoms. The van der Waals surface area contributed by atoms with Gasteiger partial charge in [0.2, 0.25) is 5.91 Å². The minimum absolute atomic E-state index is 0.00118. The largest absolute Gasteiger partial charge is 0.308 e. The number of benzene rings is 2. The second-order valence-corrected chi connectivity index (χ2v) is 5.50. The normalized spacial score (nSPS) is 13.9. The standard InChI is InChI=1S/C16H13ClN2O3/c17-16-12-6-9-15(20)18(10-11-4-2-1-3-5-11)13(12)7-8-14(16)19(21)22/h1-5,7-8H,6,9-10H2. The fourth-order valence-electron chi connectivity index (χ4n) is 2.67. The molecular weight excluding hydrogens is 304 g/mol. The molecular formula is C16H13ClN2O3. The van der Waals surface area contributed by atoms with Gasteiger partial charge >= 0.3 is 0 Å². The summed E-state index contributed by atoms with van der Waals surface area (Å²) in [6.07, 6.45) is 0.737. The van der Waals surface area contributed by atoms with Gasteiger partial charge in [0, 0.05) is 23.7 Å². The van der Waals surface area contributed by atoms with E-state index in [9.17, 15) is 14.9 Å². The molecule has 0 N–H and O–H groups in total. The van der Waals surface area contributed by atoms with Crippen molar-refractivity contribution in [3.8, 4) is 0 Å². The Hall–Kier alpha value is -2.40. The third kappa shape index (κ3) is 2.55. The van der Waals surface area contributed by atoms with Gasteiger partial charge in [0.25, 0.3) is 5.69 Å². The molecule has 2 aromatic carbocycles. The molecule has 0 aromatic heterocycles. The predicted molar refractivity (Wildman–Crippen MR) is 84.1 cm³/mol. The molecule has 6 heteroatoms. The SMILES string of the molecule is O=C1CCc2c(ccc([N+](=O)[O-])c2Cl)N1Cc1ccccc1. The van der Waals surface area contributed by atoms with Crippen LogP contribution in [0.5, 0.6) is 0 Å². The number of carbonyl (C=O) groups is 1. The third-order valence-corrected chi connectivity index (χ3v) is 4.18. The van der Waals surface area contributed by atoms with Crippen molar-refractivity contribution in [3.05, 3.63) is 68.7 Å². The first-order valence-electron chi connectivity index (χ1n) is 6.88. The van der Waals surface area contributed by atoms with Gasteiger partial charge in [0.15, 0.2) is 0 Å². The van der Waals surface area contributed by atoms with Crippen LogP contribution in [0.25, 0.3) is 0 Å². The highest BCUT2D eigenvalue weighted by Gasteiger charge is 2.29. The number of fused-ring (bicyclic) bond motifs is 1. The fraction of sp³-hybridized carbons (Fsp3) is 0.188. The van der Waals surface area contributed by atoms with Crippen LogP contribution in [0.2, 0.25) is 5.02 Å². The molecule has 2 aromatic rings. The fourth-order valence-corrected chi connectivity index (χ4v) is 2.99. The molecule has 22 heavy (non-hydrogen) atoms. The van der Waals surface area contributed by atoms with Gasteiger partial charge in [-0.15, -0.1) is 0 Å². The smallest absolute Gasteiger partial charge is 0.288 e. The molecule has 0 unspecified atom stereocenters. The lowest BCUT2D eigenvalue weighted by Crippen LogP contribution is -2.34. The molecule has 1 aliphatic rings. The molecule has 0 atom stereocenters. The van der Waals surface area contributed by atoms with Crippen LogP contribution in [-0.4, -0.2) is 10.8 Å². The molecule has 0 aliphatic carbocycles. The maximum atomic E-state index is 12.2. The summed E-state index contributed by atoms with van der Waals surface area (Å²) in [6.45, 7) is 0.431. The topological polar surface area (TPSA) is 63.4 Å². The highest BCUT2D eigenvalue weighted by atomic mass is 35.5. The number of rotatable bonds is 3. The average Bonchev–Trinajstić information content (AvgIpc) is 2.51. The average molecular weight is 317 g/mol. The van der Waals surface area contributed by atoms with Gasteiger partial charge in [0.1, 0.15) is 5.02 Å². The van der Waals surface area contributed by atoms with Crippen LogP contribution in [0, 0.1) is 10.1 Å². The van der Waals surface area contributed by atoms with E-state index in [1.54, 1.807) is 11.0 Å². The first kappa shape index (κ1) is 14.5. The van der Waals surface area contributed by atoms with E-state index in [2.05, 4.69) is 0 Å². The molecule has 1 aliphatic heterocycles. The van der Waals surface area contributed by atoms with Gasteiger partial charge in [-0.05, 0) is 18.1 Å². The van der Waals surface area contributed by atoms with E-state index in [-0.39, 0.29) is 16.6 Å². The summed E-state index contributed by atoms with van der Waals surface area (Å²) in [6, 6.07) is 12.6. The van der Waals surface area contributed by atoms with Crippen molar-refractivity contribution in [1.29, 1.82) is 0 Å². The molecule has 0 radical (unpaired) electrons. The Morgan fingerprint density at radius 3 is 2.55 bits per heavy atom. The Bertz CT molecular complexity index is 747. The van der Waals surface area contributed by atoms with E-state index in [1.165, 1.54) is 6.07 Å². The molecule has 5 nitrogen and oxygen atoms in total. The van der Waals surface area contributed by atoms with Crippen molar-refractivity contribution in [3.63, 3.8) is 0 Å². The zero-order chi connectivity index (χ0) is 15.7. The van der Waals surface area contributed by atoms with Crippen LogP contribution in [-0.2, 0) is 17.8 Å². The van der Waals surface area contributed by atoms with E-state index < -0.39 is 4.92 Å². The Morgan fingerprint density at radius 1 is 1.14 bits per heavy atom. The molecule has 0 saturated carbocycles. The number of hydrogen-bond donors (Lipinski definition) is 0. The lowest BCUT2D eigenvalue weighted by molar-refractivity contribution is -0.384. The van der Waals surface area contributed by atoms with Gasteiger partial charge in [0.05, 0.1) is 11.5 Å². The van der Waals surface area contributed by atoms with E-state index in [1.807, 2.05) is 30.3 Å². The van der Waals surface area contributed by atoms with Gasteiger partial charge in [-0.25, -0.2) is 0 Å². The number of carbonyl (C=O) groups excluding carboxylic acids is 1. The van der Waals surface area contributed by atoms with Crippen LogP contribution in [0.4, 0.5) is 11.4 Å². The summed E-state index contributed by atoms with van der Waals surface area (Å²) >= 11 is 6.16. The van der Waals surface area contributed by atoms with E-state index in [0.717, 1.165) is 5.56 Å². The zero-order valence-electron chi connectivity index (χ0n) is 11.7. The van der Waals surface area contributed by atoms with E-state index in [0.29, 0.717) is 30.6 Å². The summed E-state index contributed by atoms with van der Waals surface area (Å²) < 4.78 is 0. The molecule has 3 rings (SSSR count). The Kier molecular flexibility index (Phi) is 3.81. The second kappa shape index (κ2) is 5.77. The molecule has 0 saturated heterocycles. The molecule has 1 amide bonds. The van der Waals surface area contributed by atoms with Crippen molar-refractivity contribution in [1.82, 2.24) is 0 Å². The van der Waals surface area contributed by atoms with Crippen LogP contribution >= 0.6 is 11.6 Å². The second-order valence-electron chi connectivity index (χ2n) is 5.12. The Balaban J connectivity index is 2.02. The summed E-state index contributed by atoms with van der Waals surface area (Å²) in [5.41, 5.74) is 2.22. The lowest BCUT2D eigenvalue weighted by Gasteiger charge is -2.30. The van der Waals surface area contributed by atoms with Crippen molar-refractivity contribution < 1.29 is 9.72 Å². The minimum Gasteiger partial charge on any atom is -0.308 e.